The molecule has 2 heterocycles. The highest BCUT2D eigenvalue weighted by atomic mass is 16.2. The van der Waals surface area contributed by atoms with Gasteiger partial charge in [0.2, 0.25) is 5.91 Å². The van der Waals surface area contributed by atoms with Gasteiger partial charge in [0, 0.05) is 39.3 Å². The molecule has 0 saturated carbocycles. The lowest BCUT2D eigenvalue weighted by Crippen LogP contribution is -2.79. The summed E-state index contributed by atoms with van der Waals surface area (Å²) < 4.78 is 0. The molecular formula is C20H23N3O. The van der Waals surface area contributed by atoms with Gasteiger partial charge >= 0.3 is 0 Å². The minimum atomic E-state index is -0.358. The summed E-state index contributed by atoms with van der Waals surface area (Å²) in [6.45, 7) is 5.24. The van der Waals surface area contributed by atoms with Gasteiger partial charge in [0.05, 0.1) is 0 Å². The van der Waals surface area contributed by atoms with E-state index >= 15 is 0 Å². The van der Waals surface area contributed by atoms with Crippen molar-refractivity contribution in [2.24, 2.45) is 0 Å². The third-order valence-electron chi connectivity index (χ3n) is 5.21. The maximum absolute atomic E-state index is 12.4. The van der Waals surface area contributed by atoms with Gasteiger partial charge in [-0.05, 0) is 11.1 Å². The predicted octanol–water partition coefficient (Wildman–Crippen LogP) is 1.87. The minimum Gasteiger partial charge on any atom is -0.352 e. The van der Waals surface area contributed by atoms with Crippen molar-refractivity contribution in [3.8, 4) is 0 Å². The highest BCUT2D eigenvalue weighted by Gasteiger charge is 2.53. The first-order valence-corrected chi connectivity index (χ1v) is 8.60. The van der Waals surface area contributed by atoms with Gasteiger partial charge in [-0.2, -0.15) is 0 Å². The second-order valence-electron chi connectivity index (χ2n) is 6.82. The summed E-state index contributed by atoms with van der Waals surface area (Å²) in [7, 11) is 0. The van der Waals surface area contributed by atoms with Crippen LogP contribution in [0.25, 0.3) is 0 Å². The van der Waals surface area contributed by atoms with Crippen LogP contribution in [0.2, 0.25) is 0 Å². The van der Waals surface area contributed by atoms with Gasteiger partial charge in [-0.25, -0.2) is 0 Å². The van der Waals surface area contributed by atoms with Crippen LogP contribution in [-0.4, -0.2) is 47.4 Å². The lowest BCUT2D eigenvalue weighted by Gasteiger charge is -2.54. The Hall–Kier alpha value is -2.17. The third kappa shape index (κ3) is 2.83. The molecule has 1 atom stereocenters. The fraction of sp³-hybridized carbons (Fsp3) is 0.350. The summed E-state index contributed by atoms with van der Waals surface area (Å²) in [5.41, 5.74) is 2.22. The zero-order valence-electron chi connectivity index (χ0n) is 13.8. The molecule has 24 heavy (non-hydrogen) atoms. The van der Waals surface area contributed by atoms with Gasteiger partial charge in [-0.1, -0.05) is 60.7 Å². The first kappa shape index (κ1) is 15.4. The van der Waals surface area contributed by atoms with E-state index in [1.54, 1.807) is 0 Å². The molecule has 2 aliphatic heterocycles. The van der Waals surface area contributed by atoms with Crippen LogP contribution in [0.15, 0.2) is 60.7 Å². The Balaban J connectivity index is 1.49. The molecule has 1 unspecified atom stereocenters. The second-order valence-corrected chi connectivity index (χ2v) is 6.82. The summed E-state index contributed by atoms with van der Waals surface area (Å²) in [4.78, 5) is 17.2. The number of rotatable bonds is 4. The summed E-state index contributed by atoms with van der Waals surface area (Å²) in [6, 6.07) is 21.0. The van der Waals surface area contributed by atoms with E-state index in [4.69, 9.17) is 0 Å². The lowest BCUT2D eigenvalue weighted by molar-refractivity contribution is -0.151. The number of carbonyl (C=O) groups is 1. The summed E-state index contributed by atoms with van der Waals surface area (Å²) in [5.74, 6) is 0.177. The Kier molecular flexibility index (Phi) is 4.08. The highest BCUT2D eigenvalue weighted by Crippen LogP contribution is 2.29. The molecule has 1 amide bonds. The van der Waals surface area contributed by atoms with E-state index in [9.17, 15) is 4.79 Å². The van der Waals surface area contributed by atoms with Gasteiger partial charge in [0.25, 0.3) is 0 Å². The topological polar surface area (TPSA) is 35.6 Å². The molecule has 2 aromatic carbocycles. The van der Waals surface area contributed by atoms with Gasteiger partial charge in [0.15, 0.2) is 0 Å². The van der Waals surface area contributed by atoms with Crippen molar-refractivity contribution in [3.05, 3.63) is 71.8 Å². The maximum atomic E-state index is 12.4. The lowest BCUT2D eigenvalue weighted by atomic mass is 9.85. The molecular weight excluding hydrogens is 298 g/mol. The molecule has 4 rings (SSSR count). The maximum Gasteiger partial charge on any atom is 0.243 e. The Morgan fingerprint density at radius 3 is 2.04 bits per heavy atom. The summed E-state index contributed by atoms with van der Waals surface area (Å²) in [6.07, 6.45) is 0. The Labute approximate surface area is 143 Å². The van der Waals surface area contributed by atoms with E-state index in [-0.39, 0.29) is 11.4 Å². The van der Waals surface area contributed by atoms with Crippen LogP contribution < -0.4 is 5.32 Å². The zero-order chi connectivity index (χ0) is 16.4. The second kappa shape index (κ2) is 6.38. The van der Waals surface area contributed by atoms with Gasteiger partial charge in [-0.3, -0.25) is 14.6 Å². The van der Waals surface area contributed by atoms with Crippen molar-refractivity contribution in [2.45, 2.75) is 18.6 Å². The van der Waals surface area contributed by atoms with Gasteiger partial charge in [0.1, 0.15) is 5.54 Å². The van der Waals surface area contributed by atoms with Crippen molar-refractivity contribution in [2.75, 3.05) is 26.2 Å². The molecule has 4 nitrogen and oxygen atoms in total. The molecule has 2 aromatic rings. The number of β-lactam (4-membered cyclic amide) rings is 1. The van der Waals surface area contributed by atoms with Crippen LogP contribution in [0, 0.1) is 0 Å². The van der Waals surface area contributed by atoms with Crippen molar-refractivity contribution < 1.29 is 4.79 Å². The molecule has 0 bridgehead atoms. The van der Waals surface area contributed by atoms with Crippen molar-refractivity contribution in [1.82, 2.24) is 15.1 Å². The van der Waals surface area contributed by atoms with Crippen LogP contribution >= 0.6 is 0 Å². The number of benzene rings is 2. The monoisotopic (exact) mass is 321 g/mol. The molecule has 0 aliphatic carbocycles. The molecule has 0 aromatic heterocycles. The Bertz CT molecular complexity index is 703. The molecule has 4 heteroatoms. The number of hydrogen-bond donors (Lipinski definition) is 1. The van der Waals surface area contributed by atoms with Crippen LogP contribution in [0.5, 0.6) is 0 Å². The van der Waals surface area contributed by atoms with Crippen LogP contribution in [0.3, 0.4) is 0 Å². The average Bonchev–Trinajstić information content (AvgIpc) is 2.63. The first-order valence-electron chi connectivity index (χ1n) is 8.60. The quantitative estimate of drug-likeness (QED) is 0.874. The Morgan fingerprint density at radius 1 is 0.875 bits per heavy atom. The number of hydrogen-bond acceptors (Lipinski definition) is 3. The van der Waals surface area contributed by atoms with Crippen LogP contribution in [0.4, 0.5) is 0 Å². The van der Waals surface area contributed by atoms with Gasteiger partial charge in [-0.15, -0.1) is 0 Å². The van der Waals surface area contributed by atoms with Crippen LogP contribution in [0.1, 0.15) is 11.1 Å². The predicted molar refractivity (Wildman–Crippen MR) is 94.3 cm³/mol. The fourth-order valence-electron chi connectivity index (χ4n) is 3.78. The molecule has 2 fully saturated rings. The van der Waals surface area contributed by atoms with E-state index in [2.05, 4.69) is 63.6 Å². The van der Waals surface area contributed by atoms with Crippen LogP contribution in [-0.2, 0) is 17.9 Å². The molecule has 124 valence electrons. The number of nitrogens with zero attached hydrogens (tertiary/aromatic N) is 2. The van der Waals surface area contributed by atoms with Crippen molar-refractivity contribution >= 4 is 5.91 Å². The highest BCUT2D eigenvalue weighted by molar-refractivity contribution is 5.93. The first-order chi connectivity index (χ1) is 11.8. The van der Waals surface area contributed by atoms with E-state index in [0.29, 0.717) is 0 Å². The standard InChI is InChI=1S/C20H23N3O/c24-19-20(15-21-19)16-22(13-17-7-3-1-4-8-17)11-12-23(20)14-18-9-5-2-6-10-18/h1-10H,11-16H2,(H,21,24). The Morgan fingerprint density at radius 2 is 1.50 bits per heavy atom. The molecule has 2 saturated heterocycles. The average molecular weight is 321 g/mol. The summed E-state index contributed by atoms with van der Waals surface area (Å²) in [5, 5.41) is 2.96. The van der Waals surface area contributed by atoms with Gasteiger partial charge < -0.3 is 5.32 Å². The number of carbonyl (C=O) groups excluding carboxylic acids is 1. The fourth-order valence-corrected chi connectivity index (χ4v) is 3.78. The number of piperazine rings is 1. The third-order valence-corrected chi connectivity index (χ3v) is 5.21. The number of amides is 1. The largest absolute Gasteiger partial charge is 0.352 e. The van der Waals surface area contributed by atoms with Crippen molar-refractivity contribution in [3.63, 3.8) is 0 Å². The minimum absolute atomic E-state index is 0.177. The zero-order valence-corrected chi connectivity index (χ0v) is 13.8. The summed E-state index contributed by atoms with van der Waals surface area (Å²) >= 11 is 0. The normalized spacial score (nSPS) is 24.6. The van der Waals surface area contributed by atoms with Crippen molar-refractivity contribution in [1.29, 1.82) is 0 Å². The number of nitrogens with one attached hydrogen (secondary N) is 1. The SMILES string of the molecule is O=C1NCC12CN(Cc1ccccc1)CCN2Cc1ccccc1. The van der Waals surface area contributed by atoms with E-state index in [1.165, 1.54) is 11.1 Å². The van der Waals surface area contributed by atoms with E-state index in [0.717, 1.165) is 39.3 Å². The smallest absolute Gasteiger partial charge is 0.243 e. The molecule has 2 aliphatic rings. The molecule has 0 radical (unpaired) electrons. The molecule has 1 N–H and O–H groups in total. The van der Waals surface area contributed by atoms with E-state index < -0.39 is 0 Å². The molecule has 1 spiro atoms. The van der Waals surface area contributed by atoms with E-state index in [1.807, 2.05) is 12.1 Å².